The summed E-state index contributed by atoms with van der Waals surface area (Å²) in [6, 6.07) is 8.53. The molecule has 1 aliphatic rings. The third kappa shape index (κ3) is 7.76. The van der Waals surface area contributed by atoms with Crippen molar-refractivity contribution >= 4 is 18.3 Å². The quantitative estimate of drug-likeness (QED) is 0.680. The van der Waals surface area contributed by atoms with E-state index < -0.39 is 0 Å². The van der Waals surface area contributed by atoms with Gasteiger partial charge >= 0.3 is 0 Å². The third-order valence-electron chi connectivity index (χ3n) is 4.69. The van der Waals surface area contributed by atoms with Gasteiger partial charge in [-0.05, 0) is 49.8 Å². The van der Waals surface area contributed by atoms with Crippen LogP contribution in [0.1, 0.15) is 50.2 Å². The molecule has 1 saturated heterocycles. The van der Waals surface area contributed by atoms with Crippen LogP contribution in [0, 0.1) is 0 Å². The first-order chi connectivity index (χ1) is 11.7. The van der Waals surface area contributed by atoms with Gasteiger partial charge in [-0.1, -0.05) is 37.6 Å². The molecule has 1 aromatic carbocycles. The highest BCUT2D eigenvalue weighted by Gasteiger charge is 2.23. The molecule has 2 rings (SSSR count). The van der Waals surface area contributed by atoms with Gasteiger partial charge in [0.05, 0.1) is 12.5 Å². The number of likely N-dealkylation sites (tertiary alicyclic amines) is 1. The van der Waals surface area contributed by atoms with Crippen molar-refractivity contribution in [1.82, 2.24) is 4.90 Å². The molecular formula is C20H33ClN2O2. The highest BCUT2D eigenvalue weighted by molar-refractivity contribution is 5.85. The van der Waals surface area contributed by atoms with Crippen LogP contribution in [0.3, 0.4) is 0 Å². The lowest BCUT2D eigenvalue weighted by Gasteiger charge is -2.32. The van der Waals surface area contributed by atoms with E-state index in [9.17, 15) is 4.79 Å². The summed E-state index contributed by atoms with van der Waals surface area (Å²) in [6.45, 7) is 5.23. The van der Waals surface area contributed by atoms with Gasteiger partial charge in [0.15, 0.2) is 0 Å². The number of unbranched alkanes of at least 4 members (excludes halogenated alkanes) is 1. The SMILES string of the molecule is CCCCc1ccc(CC(=O)N2CCC(OCCCN)CC2)cc1.Cl. The van der Waals surface area contributed by atoms with E-state index >= 15 is 0 Å². The minimum absolute atomic E-state index is 0. The Morgan fingerprint density at radius 1 is 1.16 bits per heavy atom. The Labute approximate surface area is 158 Å². The molecule has 0 bridgehead atoms. The van der Waals surface area contributed by atoms with Crippen LogP contribution in [0.5, 0.6) is 0 Å². The number of ether oxygens (including phenoxy) is 1. The van der Waals surface area contributed by atoms with Gasteiger partial charge < -0.3 is 15.4 Å². The summed E-state index contributed by atoms with van der Waals surface area (Å²) in [5.41, 5.74) is 7.96. The average molecular weight is 369 g/mol. The van der Waals surface area contributed by atoms with Gasteiger partial charge in [-0.3, -0.25) is 4.79 Å². The summed E-state index contributed by atoms with van der Waals surface area (Å²) in [4.78, 5) is 14.4. The maximum atomic E-state index is 12.5. The fourth-order valence-corrected chi connectivity index (χ4v) is 3.10. The number of benzene rings is 1. The first-order valence-corrected chi connectivity index (χ1v) is 9.40. The largest absolute Gasteiger partial charge is 0.378 e. The van der Waals surface area contributed by atoms with Crippen LogP contribution in [0.2, 0.25) is 0 Å². The minimum Gasteiger partial charge on any atom is -0.378 e. The second-order valence-electron chi connectivity index (χ2n) is 6.69. The number of carbonyl (C=O) groups is 1. The van der Waals surface area contributed by atoms with Crippen molar-refractivity contribution in [3.05, 3.63) is 35.4 Å². The molecule has 25 heavy (non-hydrogen) atoms. The fourth-order valence-electron chi connectivity index (χ4n) is 3.10. The smallest absolute Gasteiger partial charge is 0.226 e. The minimum atomic E-state index is 0. The molecule has 0 unspecified atom stereocenters. The van der Waals surface area contributed by atoms with E-state index in [-0.39, 0.29) is 18.3 Å². The molecule has 2 N–H and O–H groups in total. The number of halogens is 1. The van der Waals surface area contributed by atoms with Gasteiger partial charge in [-0.25, -0.2) is 0 Å². The summed E-state index contributed by atoms with van der Waals surface area (Å²) >= 11 is 0. The van der Waals surface area contributed by atoms with Crippen molar-refractivity contribution in [3.63, 3.8) is 0 Å². The van der Waals surface area contributed by atoms with Crippen LogP contribution in [-0.4, -0.2) is 43.2 Å². The van der Waals surface area contributed by atoms with Gasteiger partial charge in [-0.2, -0.15) is 0 Å². The van der Waals surface area contributed by atoms with Gasteiger partial charge in [0, 0.05) is 19.7 Å². The molecule has 0 aliphatic carbocycles. The molecule has 1 aliphatic heterocycles. The first kappa shape index (κ1) is 21.9. The van der Waals surface area contributed by atoms with Crippen LogP contribution in [-0.2, 0) is 22.4 Å². The predicted molar refractivity (Wildman–Crippen MR) is 105 cm³/mol. The zero-order chi connectivity index (χ0) is 17.2. The van der Waals surface area contributed by atoms with Crippen molar-refractivity contribution < 1.29 is 9.53 Å². The second-order valence-corrected chi connectivity index (χ2v) is 6.69. The van der Waals surface area contributed by atoms with E-state index in [1.807, 2.05) is 4.90 Å². The molecule has 1 fully saturated rings. The summed E-state index contributed by atoms with van der Waals surface area (Å²) in [5, 5.41) is 0. The van der Waals surface area contributed by atoms with E-state index in [4.69, 9.17) is 10.5 Å². The Morgan fingerprint density at radius 3 is 2.40 bits per heavy atom. The Balaban J connectivity index is 0.00000312. The van der Waals surface area contributed by atoms with Crippen LogP contribution in [0.4, 0.5) is 0 Å². The van der Waals surface area contributed by atoms with Crippen molar-refractivity contribution in [2.75, 3.05) is 26.2 Å². The monoisotopic (exact) mass is 368 g/mol. The summed E-state index contributed by atoms with van der Waals surface area (Å²) < 4.78 is 5.80. The molecule has 0 atom stereocenters. The summed E-state index contributed by atoms with van der Waals surface area (Å²) in [7, 11) is 0. The van der Waals surface area contributed by atoms with Gasteiger partial charge in [0.25, 0.3) is 0 Å². The van der Waals surface area contributed by atoms with Gasteiger partial charge in [0.1, 0.15) is 0 Å². The molecular weight excluding hydrogens is 336 g/mol. The van der Waals surface area contributed by atoms with E-state index in [0.717, 1.165) is 50.9 Å². The van der Waals surface area contributed by atoms with E-state index in [1.54, 1.807) is 0 Å². The topological polar surface area (TPSA) is 55.6 Å². The molecule has 0 saturated carbocycles. The zero-order valence-electron chi connectivity index (χ0n) is 15.4. The van der Waals surface area contributed by atoms with Crippen LogP contribution < -0.4 is 5.73 Å². The molecule has 1 amide bonds. The number of nitrogens with zero attached hydrogens (tertiary/aromatic N) is 1. The average Bonchev–Trinajstić information content (AvgIpc) is 2.62. The maximum absolute atomic E-state index is 12.5. The maximum Gasteiger partial charge on any atom is 0.226 e. The molecule has 4 nitrogen and oxygen atoms in total. The Kier molecular flexibility index (Phi) is 10.8. The standard InChI is InChI=1S/C20H32N2O2.ClH/c1-2-3-5-17-6-8-18(9-7-17)16-20(23)22-13-10-19(11-14-22)24-15-4-12-21;/h6-9,19H,2-5,10-16,21H2,1H3;1H. The lowest BCUT2D eigenvalue weighted by atomic mass is 10.0. The lowest BCUT2D eigenvalue weighted by molar-refractivity contribution is -0.133. The molecule has 0 aromatic heterocycles. The van der Waals surface area contributed by atoms with E-state index in [2.05, 4.69) is 31.2 Å². The van der Waals surface area contributed by atoms with Crippen molar-refractivity contribution in [2.24, 2.45) is 5.73 Å². The number of piperidine rings is 1. The molecule has 1 heterocycles. The number of nitrogens with two attached hydrogens (primary N) is 1. The summed E-state index contributed by atoms with van der Waals surface area (Å²) in [5.74, 6) is 0.233. The van der Waals surface area contributed by atoms with Crippen LogP contribution in [0.25, 0.3) is 0 Å². The lowest BCUT2D eigenvalue weighted by Crippen LogP contribution is -2.41. The normalized spacial score (nSPS) is 15.0. The van der Waals surface area contributed by atoms with Gasteiger partial charge in [0.2, 0.25) is 5.91 Å². The predicted octanol–water partition coefficient (Wildman–Crippen LogP) is 3.35. The molecule has 0 spiro atoms. The Morgan fingerprint density at radius 2 is 1.80 bits per heavy atom. The highest BCUT2D eigenvalue weighted by Crippen LogP contribution is 2.16. The molecule has 142 valence electrons. The number of hydrogen-bond acceptors (Lipinski definition) is 3. The fraction of sp³-hybridized carbons (Fsp3) is 0.650. The molecule has 0 radical (unpaired) electrons. The van der Waals surface area contributed by atoms with E-state index in [0.29, 0.717) is 19.1 Å². The van der Waals surface area contributed by atoms with Crippen LogP contribution >= 0.6 is 12.4 Å². The molecule has 5 heteroatoms. The van der Waals surface area contributed by atoms with Crippen molar-refractivity contribution in [2.45, 2.75) is 58.0 Å². The zero-order valence-corrected chi connectivity index (χ0v) is 16.2. The summed E-state index contributed by atoms with van der Waals surface area (Å²) in [6.07, 6.45) is 7.15. The number of aryl methyl sites for hydroxylation is 1. The highest BCUT2D eigenvalue weighted by atomic mass is 35.5. The number of hydrogen-bond donors (Lipinski definition) is 1. The second kappa shape index (κ2) is 12.3. The first-order valence-electron chi connectivity index (χ1n) is 9.40. The third-order valence-corrected chi connectivity index (χ3v) is 4.69. The van der Waals surface area contributed by atoms with Crippen LogP contribution in [0.15, 0.2) is 24.3 Å². The Hall–Kier alpha value is -1.10. The number of rotatable bonds is 9. The van der Waals surface area contributed by atoms with Crippen molar-refractivity contribution in [1.29, 1.82) is 0 Å². The Bertz CT molecular complexity index is 485. The number of amides is 1. The van der Waals surface area contributed by atoms with Crippen molar-refractivity contribution in [3.8, 4) is 0 Å². The van der Waals surface area contributed by atoms with E-state index in [1.165, 1.54) is 18.4 Å². The van der Waals surface area contributed by atoms with Gasteiger partial charge in [-0.15, -0.1) is 12.4 Å². The number of carbonyl (C=O) groups excluding carboxylic acids is 1. The molecule has 1 aromatic rings.